The third-order valence-electron chi connectivity index (χ3n) is 5.54. The predicted molar refractivity (Wildman–Crippen MR) is 112 cm³/mol. The van der Waals surface area contributed by atoms with Crippen molar-refractivity contribution < 1.29 is 9.59 Å². The highest BCUT2D eigenvalue weighted by atomic mass is 16.2. The standard InChI is InChI=1S/C21H30N6O2/c1-23-19(17-13-24-26(2)14-17)21(29)25-18-5-3-15(4-6-18)7-10-27-11-8-16(9-12-27)20(22)28/h3-6,13-14,16,19,23H,7-12H2,1-2H3,(H2,22,28)(H,25,29). The summed E-state index contributed by atoms with van der Waals surface area (Å²) in [4.78, 5) is 26.2. The van der Waals surface area contributed by atoms with Crippen molar-refractivity contribution in [1.82, 2.24) is 20.0 Å². The van der Waals surface area contributed by atoms with Crippen LogP contribution in [0.15, 0.2) is 36.7 Å². The van der Waals surface area contributed by atoms with E-state index in [0.717, 1.165) is 50.1 Å². The maximum atomic E-state index is 12.6. The van der Waals surface area contributed by atoms with Crippen LogP contribution in [-0.2, 0) is 23.1 Å². The van der Waals surface area contributed by atoms with Crippen molar-refractivity contribution in [3.63, 3.8) is 0 Å². The molecule has 0 bridgehead atoms. The average Bonchev–Trinajstić information content (AvgIpc) is 3.14. The maximum absolute atomic E-state index is 12.6. The van der Waals surface area contributed by atoms with Crippen LogP contribution in [0.25, 0.3) is 0 Å². The summed E-state index contributed by atoms with van der Waals surface area (Å²) in [6.45, 7) is 2.79. The van der Waals surface area contributed by atoms with Crippen molar-refractivity contribution >= 4 is 17.5 Å². The molecule has 156 valence electrons. The Morgan fingerprint density at radius 3 is 2.48 bits per heavy atom. The summed E-state index contributed by atoms with van der Waals surface area (Å²) in [6, 6.07) is 7.51. The Labute approximate surface area is 171 Å². The van der Waals surface area contributed by atoms with Gasteiger partial charge in [0.15, 0.2) is 0 Å². The molecular weight excluding hydrogens is 368 g/mol. The number of nitrogens with one attached hydrogen (secondary N) is 2. The Hall–Kier alpha value is -2.71. The smallest absolute Gasteiger partial charge is 0.246 e. The second-order valence-electron chi connectivity index (χ2n) is 7.62. The average molecular weight is 399 g/mol. The first kappa shape index (κ1) is 21.0. The molecule has 1 aromatic carbocycles. The summed E-state index contributed by atoms with van der Waals surface area (Å²) >= 11 is 0. The second kappa shape index (κ2) is 9.67. The first-order chi connectivity index (χ1) is 14.0. The lowest BCUT2D eigenvalue weighted by molar-refractivity contribution is -0.123. The van der Waals surface area contributed by atoms with Crippen LogP contribution < -0.4 is 16.4 Å². The highest BCUT2D eigenvalue weighted by Crippen LogP contribution is 2.18. The van der Waals surface area contributed by atoms with Gasteiger partial charge in [0.2, 0.25) is 11.8 Å². The molecule has 8 nitrogen and oxygen atoms in total. The monoisotopic (exact) mass is 398 g/mol. The fraction of sp³-hybridized carbons (Fsp3) is 0.476. The number of benzene rings is 1. The predicted octanol–water partition coefficient (Wildman–Crippen LogP) is 1.06. The van der Waals surface area contributed by atoms with E-state index < -0.39 is 6.04 Å². The Bertz CT molecular complexity index is 824. The van der Waals surface area contributed by atoms with E-state index in [4.69, 9.17) is 5.73 Å². The number of hydrogen-bond acceptors (Lipinski definition) is 5. The third kappa shape index (κ3) is 5.65. The number of aryl methyl sites for hydroxylation is 1. The summed E-state index contributed by atoms with van der Waals surface area (Å²) in [5.74, 6) is -0.265. The third-order valence-corrected chi connectivity index (χ3v) is 5.54. The van der Waals surface area contributed by atoms with Crippen molar-refractivity contribution in [2.75, 3.05) is 32.0 Å². The molecule has 29 heavy (non-hydrogen) atoms. The largest absolute Gasteiger partial charge is 0.369 e. The van der Waals surface area contributed by atoms with Gasteiger partial charge in [-0.05, 0) is 57.1 Å². The first-order valence-corrected chi connectivity index (χ1v) is 10.0. The molecule has 0 spiro atoms. The number of likely N-dealkylation sites (N-methyl/N-ethyl adjacent to an activating group) is 1. The van der Waals surface area contributed by atoms with Crippen molar-refractivity contribution in [2.24, 2.45) is 18.7 Å². The fourth-order valence-corrected chi connectivity index (χ4v) is 3.74. The number of nitrogens with zero attached hydrogens (tertiary/aromatic N) is 3. The van der Waals surface area contributed by atoms with E-state index in [0.29, 0.717) is 0 Å². The Balaban J connectivity index is 1.48. The fourth-order valence-electron chi connectivity index (χ4n) is 3.74. The Morgan fingerprint density at radius 1 is 1.24 bits per heavy atom. The van der Waals surface area contributed by atoms with Crippen LogP contribution in [-0.4, -0.2) is 53.2 Å². The minimum absolute atomic E-state index is 0.0299. The van der Waals surface area contributed by atoms with Gasteiger partial charge in [0.1, 0.15) is 6.04 Å². The van der Waals surface area contributed by atoms with Crippen LogP contribution in [0.4, 0.5) is 5.69 Å². The zero-order chi connectivity index (χ0) is 20.8. The van der Waals surface area contributed by atoms with Crippen LogP contribution >= 0.6 is 0 Å². The number of anilines is 1. The first-order valence-electron chi connectivity index (χ1n) is 10.0. The van der Waals surface area contributed by atoms with E-state index in [-0.39, 0.29) is 17.7 Å². The SMILES string of the molecule is CNC(C(=O)Nc1ccc(CCN2CCC(C(N)=O)CC2)cc1)c1cnn(C)c1. The number of rotatable bonds is 8. The van der Waals surface area contributed by atoms with Crippen LogP contribution in [0, 0.1) is 5.92 Å². The van der Waals surface area contributed by atoms with Crippen LogP contribution in [0.3, 0.4) is 0 Å². The van der Waals surface area contributed by atoms with E-state index in [1.54, 1.807) is 17.9 Å². The van der Waals surface area contributed by atoms with Crippen LogP contribution in [0.2, 0.25) is 0 Å². The van der Waals surface area contributed by atoms with Crippen LogP contribution in [0.1, 0.15) is 30.0 Å². The number of hydrogen-bond donors (Lipinski definition) is 3. The Morgan fingerprint density at radius 2 is 1.93 bits per heavy atom. The zero-order valence-corrected chi connectivity index (χ0v) is 17.1. The van der Waals surface area contributed by atoms with Gasteiger partial charge in [-0.2, -0.15) is 5.10 Å². The van der Waals surface area contributed by atoms with Gasteiger partial charge in [-0.25, -0.2) is 0 Å². The molecule has 0 radical (unpaired) electrons. The molecule has 8 heteroatoms. The molecule has 1 aliphatic heterocycles. The number of carbonyl (C=O) groups is 2. The summed E-state index contributed by atoms with van der Waals surface area (Å²) in [7, 11) is 3.58. The zero-order valence-electron chi connectivity index (χ0n) is 17.1. The van der Waals surface area contributed by atoms with E-state index in [1.165, 1.54) is 5.56 Å². The number of likely N-dealkylation sites (tertiary alicyclic amines) is 1. The van der Waals surface area contributed by atoms with E-state index in [1.807, 2.05) is 37.5 Å². The highest BCUT2D eigenvalue weighted by molar-refractivity contribution is 5.95. The number of nitrogens with two attached hydrogens (primary N) is 1. The van der Waals surface area contributed by atoms with Gasteiger partial charge in [0.05, 0.1) is 6.20 Å². The molecule has 2 amide bonds. The topological polar surface area (TPSA) is 105 Å². The Kier molecular flexibility index (Phi) is 7.00. The molecule has 1 aliphatic rings. The molecule has 4 N–H and O–H groups in total. The van der Waals surface area contributed by atoms with Crippen molar-refractivity contribution in [3.8, 4) is 0 Å². The summed E-state index contributed by atoms with van der Waals surface area (Å²) in [6.07, 6.45) is 6.16. The van der Waals surface area contributed by atoms with Gasteiger partial charge in [0, 0.05) is 37.0 Å². The lowest BCUT2D eigenvalue weighted by Crippen LogP contribution is -2.39. The molecule has 1 saturated heterocycles. The molecule has 1 fully saturated rings. The minimum Gasteiger partial charge on any atom is -0.369 e. The van der Waals surface area contributed by atoms with E-state index in [2.05, 4.69) is 20.6 Å². The number of aromatic nitrogens is 2. The molecular formula is C21H30N6O2. The van der Waals surface area contributed by atoms with Crippen molar-refractivity contribution in [3.05, 3.63) is 47.8 Å². The molecule has 1 unspecified atom stereocenters. The summed E-state index contributed by atoms with van der Waals surface area (Å²) in [5.41, 5.74) is 8.20. The number of primary amides is 1. The van der Waals surface area contributed by atoms with Crippen LogP contribution in [0.5, 0.6) is 0 Å². The maximum Gasteiger partial charge on any atom is 0.246 e. The van der Waals surface area contributed by atoms with Gasteiger partial charge in [0.25, 0.3) is 0 Å². The number of amides is 2. The lowest BCUT2D eigenvalue weighted by Gasteiger charge is -2.30. The van der Waals surface area contributed by atoms with Crippen molar-refractivity contribution in [2.45, 2.75) is 25.3 Å². The van der Waals surface area contributed by atoms with Gasteiger partial charge in [-0.3, -0.25) is 14.3 Å². The second-order valence-corrected chi connectivity index (χ2v) is 7.62. The van der Waals surface area contributed by atoms with Gasteiger partial charge >= 0.3 is 0 Å². The normalized spacial score (nSPS) is 16.5. The summed E-state index contributed by atoms with van der Waals surface area (Å²) < 4.78 is 1.68. The number of carbonyl (C=O) groups excluding carboxylic acids is 2. The van der Waals surface area contributed by atoms with E-state index >= 15 is 0 Å². The molecule has 1 aromatic heterocycles. The van der Waals surface area contributed by atoms with Gasteiger partial charge < -0.3 is 21.3 Å². The quantitative estimate of drug-likeness (QED) is 0.617. The van der Waals surface area contributed by atoms with Crippen molar-refractivity contribution in [1.29, 1.82) is 0 Å². The molecule has 0 saturated carbocycles. The molecule has 2 aromatic rings. The lowest BCUT2D eigenvalue weighted by atomic mass is 9.96. The van der Waals surface area contributed by atoms with E-state index in [9.17, 15) is 9.59 Å². The molecule has 0 aliphatic carbocycles. The molecule has 3 rings (SSSR count). The number of piperidine rings is 1. The van der Waals surface area contributed by atoms with Gasteiger partial charge in [-0.1, -0.05) is 12.1 Å². The minimum atomic E-state index is -0.452. The molecule has 2 heterocycles. The highest BCUT2D eigenvalue weighted by Gasteiger charge is 2.23. The van der Waals surface area contributed by atoms with Gasteiger partial charge in [-0.15, -0.1) is 0 Å². The summed E-state index contributed by atoms with van der Waals surface area (Å²) in [5, 5.41) is 10.1. The molecule has 1 atom stereocenters.